The van der Waals surface area contributed by atoms with Crippen LogP contribution in [0.1, 0.15) is 57.6 Å². The minimum Gasteiger partial charge on any atom is -0.492 e. The van der Waals surface area contributed by atoms with Crippen molar-refractivity contribution >= 4 is 17.8 Å². The Morgan fingerprint density at radius 3 is 2.65 bits per heavy atom. The molecular weight excluding hydrogens is 310 g/mol. The molecule has 1 aromatic rings. The van der Waals surface area contributed by atoms with Gasteiger partial charge in [-0.3, -0.25) is 4.99 Å². The van der Waals surface area contributed by atoms with Crippen LogP contribution in [0.25, 0.3) is 0 Å². The largest absolute Gasteiger partial charge is 0.492 e. The highest BCUT2D eigenvalue weighted by Crippen LogP contribution is 2.42. The summed E-state index contributed by atoms with van der Waals surface area (Å²) in [6.45, 7) is 10.4. The molecule has 0 saturated heterocycles. The number of methoxy groups -OCH3 is 1. The van der Waals surface area contributed by atoms with E-state index in [1.54, 1.807) is 7.11 Å². The molecule has 0 amide bonds. The van der Waals surface area contributed by atoms with Gasteiger partial charge in [-0.05, 0) is 35.1 Å². The van der Waals surface area contributed by atoms with Crippen molar-refractivity contribution in [1.82, 2.24) is 0 Å². The highest BCUT2D eigenvalue weighted by atomic mass is 35.5. The molecule has 0 spiro atoms. The Hall–Kier alpha value is -1.06. The number of fused-ring (bicyclic) bond motifs is 1. The summed E-state index contributed by atoms with van der Waals surface area (Å²) in [6, 6.07) is 4.35. The lowest BCUT2D eigenvalue weighted by atomic mass is 9.72. The van der Waals surface area contributed by atoms with Crippen molar-refractivity contribution in [2.24, 2.45) is 10.4 Å². The molecule has 0 bridgehead atoms. The molecule has 1 aromatic carbocycles. The summed E-state index contributed by atoms with van der Waals surface area (Å²) in [6.07, 6.45) is 3.92. The summed E-state index contributed by atoms with van der Waals surface area (Å²) in [5.74, 6) is 1.11. The smallest absolute Gasteiger partial charge is 0.138 e. The second kappa shape index (κ2) is 7.67. The molecule has 0 unspecified atom stereocenters. The molecule has 0 fully saturated rings. The third-order valence-corrected chi connectivity index (χ3v) is 5.23. The van der Waals surface area contributed by atoms with Gasteiger partial charge in [0.2, 0.25) is 0 Å². The molecule has 0 saturated carbocycles. The van der Waals surface area contributed by atoms with Crippen LogP contribution in [0.5, 0.6) is 5.75 Å². The van der Waals surface area contributed by atoms with E-state index in [9.17, 15) is 0 Å². The molecule has 3 nitrogen and oxygen atoms in total. The topological polar surface area (TPSA) is 30.8 Å². The van der Waals surface area contributed by atoms with E-state index in [1.165, 1.54) is 5.56 Å². The highest BCUT2D eigenvalue weighted by Gasteiger charge is 2.35. The van der Waals surface area contributed by atoms with Crippen LogP contribution in [0, 0.1) is 5.41 Å². The zero-order chi connectivity index (χ0) is 17.0. The van der Waals surface area contributed by atoms with E-state index in [0.717, 1.165) is 24.2 Å². The zero-order valence-electron chi connectivity index (χ0n) is 14.9. The Balaban J connectivity index is 2.23. The third kappa shape index (κ3) is 4.07. The van der Waals surface area contributed by atoms with E-state index in [1.807, 2.05) is 12.3 Å². The first-order valence-corrected chi connectivity index (χ1v) is 8.77. The molecular formula is C19H28ClNO2. The summed E-state index contributed by atoms with van der Waals surface area (Å²) >= 11 is 6.36. The summed E-state index contributed by atoms with van der Waals surface area (Å²) < 4.78 is 10.9. The molecule has 0 N–H and O–H groups in total. The summed E-state index contributed by atoms with van der Waals surface area (Å²) in [7, 11) is 1.70. The van der Waals surface area contributed by atoms with Gasteiger partial charge in [-0.25, -0.2) is 0 Å². The number of rotatable bonds is 7. The Morgan fingerprint density at radius 1 is 1.26 bits per heavy atom. The van der Waals surface area contributed by atoms with E-state index in [-0.39, 0.29) is 11.5 Å². The number of nitrogens with zero attached hydrogens (tertiary/aromatic N) is 1. The second-order valence-electron chi connectivity index (χ2n) is 6.96. The highest BCUT2D eigenvalue weighted by molar-refractivity contribution is 6.32. The first kappa shape index (κ1) is 18.3. The molecule has 1 aliphatic heterocycles. The minimum atomic E-state index is 0.173. The van der Waals surface area contributed by atoms with Crippen LogP contribution in [-0.2, 0) is 4.74 Å². The molecule has 1 heterocycles. The Kier molecular flexibility index (Phi) is 6.10. The van der Waals surface area contributed by atoms with Crippen molar-refractivity contribution in [1.29, 1.82) is 0 Å². The SMILES string of the molecule is CCC(C)(C)[C@H]1N=Cc2cc(Cl)c(OCCCOC)cc2[C@H]1C. The number of benzene rings is 1. The van der Waals surface area contributed by atoms with Gasteiger partial charge in [-0.15, -0.1) is 0 Å². The van der Waals surface area contributed by atoms with Crippen LogP contribution in [0.2, 0.25) is 5.02 Å². The summed E-state index contributed by atoms with van der Waals surface area (Å²) in [4.78, 5) is 4.81. The lowest BCUT2D eigenvalue weighted by molar-refractivity contribution is 0.172. The van der Waals surface area contributed by atoms with E-state index < -0.39 is 0 Å². The zero-order valence-corrected chi connectivity index (χ0v) is 15.6. The van der Waals surface area contributed by atoms with E-state index in [2.05, 4.69) is 33.8 Å². The average Bonchev–Trinajstić information content (AvgIpc) is 2.52. The summed E-state index contributed by atoms with van der Waals surface area (Å²) in [5.41, 5.74) is 2.56. The molecule has 23 heavy (non-hydrogen) atoms. The predicted molar refractivity (Wildman–Crippen MR) is 97.3 cm³/mol. The second-order valence-corrected chi connectivity index (χ2v) is 7.37. The van der Waals surface area contributed by atoms with Crippen molar-refractivity contribution in [3.63, 3.8) is 0 Å². The number of halogens is 1. The normalized spacial score (nSPS) is 20.4. The minimum absolute atomic E-state index is 0.173. The fourth-order valence-corrected chi connectivity index (χ4v) is 3.36. The van der Waals surface area contributed by atoms with Crippen molar-refractivity contribution in [2.75, 3.05) is 20.3 Å². The maximum atomic E-state index is 6.36. The Bertz CT molecular complexity index is 569. The van der Waals surface area contributed by atoms with Crippen molar-refractivity contribution in [2.45, 2.75) is 52.5 Å². The maximum absolute atomic E-state index is 6.36. The molecule has 0 radical (unpaired) electrons. The van der Waals surface area contributed by atoms with Gasteiger partial charge < -0.3 is 9.47 Å². The van der Waals surface area contributed by atoms with E-state index in [4.69, 9.17) is 26.1 Å². The van der Waals surface area contributed by atoms with Crippen molar-refractivity contribution in [3.8, 4) is 5.75 Å². The standard InChI is InChI=1S/C19H28ClNO2/c1-6-19(3,4)18-13(2)15-11-17(23-9-7-8-22-5)16(20)10-14(15)12-21-18/h10-13,18H,6-9H2,1-5H3/t13-,18+/m1/s1. The van der Waals surface area contributed by atoms with Gasteiger partial charge in [-0.1, -0.05) is 39.3 Å². The molecule has 2 atom stereocenters. The fraction of sp³-hybridized carbons (Fsp3) is 0.632. The van der Waals surface area contributed by atoms with Crippen LogP contribution < -0.4 is 4.74 Å². The van der Waals surface area contributed by atoms with Gasteiger partial charge in [0.15, 0.2) is 0 Å². The molecule has 128 valence electrons. The van der Waals surface area contributed by atoms with Gasteiger partial charge in [0.25, 0.3) is 0 Å². The van der Waals surface area contributed by atoms with Crippen LogP contribution in [0.15, 0.2) is 17.1 Å². The lowest BCUT2D eigenvalue weighted by Gasteiger charge is -2.37. The quantitative estimate of drug-likeness (QED) is 0.648. The van der Waals surface area contributed by atoms with Crippen LogP contribution >= 0.6 is 11.6 Å². The number of hydrogen-bond acceptors (Lipinski definition) is 3. The van der Waals surface area contributed by atoms with E-state index >= 15 is 0 Å². The monoisotopic (exact) mass is 337 g/mol. The number of aliphatic imine (C=N–C) groups is 1. The van der Waals surface area contributed by atoms with Crippen molar-refractivity contribution < 1.29 is 9.47 Å². The molecule has 0 aromatic heterocycles. The fourth-order valence-electron chi connectivity index (χ4n) is 3.13. The van der Waals surface area contributed by atoms with Crippen LogP contribution in [0.3, 0.4) is 0 Å². The first-order chi connectivity index (χ1) is 10.9. The van der Waals surface area contributed by atoms with Gasteiger partial charge in [0.1, 0.15) is 5.75 Å². The van der Waals surface area contributed by atoms with Crippen molar-refractivity contribution in [3.05, 3.63) is 28.3 Å². The van der Waals surface area contributed by atoms with Gasteiger partial charge in [0.05, 0.1) is 17.7 Å². The van der Waals surface area contributed by atoms with E-state index in [0.29, 0.717) is 24.2 Å². The summed E-state index contributed by atoms with van der Waals surface area (Å²) in [5, 5.41) is 0.646. The molecule has 2 rings (SSSR count). The average molecular weight is 338 g/mol. The van der Waals surface area contributed by atoms with Gasteiger partial charge in [-0.2, -0.15) is 0 Å². The third-order valence-electron chi connectivity index (χ3n) is 4.94. The van der Waals surface area contributed by atoms with Gasteiger partial charge in [0, 0.05) is 32.3 Å². The molecule has 4 heteroatoms. The Morgan fingerprint density at radius 2 is 2.00 bits per heavy atom. The van der Waals surface area contributed by atoms with Crippen LogP contribution in [-0.4, -0.2) is 32.6 Å². The predicted octanol–water partition coefficient (Wildman–Crippen LogP) is 5.10. The lowest BCUT2D eigenvalue weighted by Crippen LogP contribution is -2.34. The number of ether oxygens (including phenoxy) is 2. The maximum Gasteiger partial charge on any atom is 0.138 e. The Labute approximate surface area is 145 Å². The van der Waals surface area contributed by atoms with Crippen LogP contribution in [0.4, 0.5) is 0 Å². The van der Waals surface area contributed by atoms with Gasteiger partial charge >= 0.3 is 0 Å². The molecule has 0 aliphatic carbocycles. The molecule has 1 aliphatic rings. The number of hydrogen-bond donors (Lipinski definition) is 0. The first-order valence-electron chi connectivity index (χ1n) is 8.39.